The summed E-state index contributed by atoms with van der Waals surface area (Å²) in [7, 11) is 1.57. The third-order valence-corrected chi connectivity index (χ3v) is 4.70. The lowest BCUT2D eigenvalue weighted by Crippen LogP contribution is -2.13. The molecule has 34 heavy (non-hydrogen) atoms. The van der Waals surface area contributed by atoms with Crippen LogP contribution >= 0.6 is 0 Å². The van der Waals surface area contributed by atoms with Crippen molar-refractivity contribution in [3.63, 3.8) is 0 Å². The molecule has 0 aliphatic rings. The van der Waals surface area contributed by atoms with Crippen LogP contribution in [-0.2, 0) is 4.79 Å². The fraction of sp³-hybridized carbons (Fsp3) is 0.148. The van der Waals surface area contributed by atoms with Crippen molar-refractivity contribution < 1.29 is 23.8 Å². The number of carbonyl (C=O) groups excluding carboxylic acids is 2. The number of carbonyl (C=O) groups is 2. The van der Waals surface area contributed by atoms with Gasteiger partial charge >= 0.3 is 5.97 Å². The molecule has 172 valence electrons. The van der Waals surface area contributed by atoms with E-state index in [1.54, 1.807) is 49.6 Å². The molecule has 3 aromatic rings. The molecule has 7 heteroatoms. The Labute approximate surface area is 198 Å². The van der Waals surface area contributed by atoms with Gasteiger partial charge in [0.2, 0.25) is 0 Å². The number of nitriles is 1. The summed E-state index contributed by atoms with van der Waals surface area (Å²) in [6.45, 7) is 2.51. The molecule has 3 aromatic carbocycles. The molecular weight excluding hydrogens is 432 g/mol. The lowest BCUT2D eigenvalue weighted by atomic mass is 10.1. The third-order valence-electron chi connectivity index (χ3n) is 4.70. The van der Waals surface area contributed by atoms with Gasteiger partial charge in [-0.3, -0.25) is 4.79 Å². The fourth-order valence-electron chi connectivity index (χ4n) is 2.95. The van der Waals surface area contributed by atoms with Crippen LogP contribution in [0.4, 0.5) is 5.69 Å². The number of ether oxygens (including phenoxy) is 3. The van der Waals surface area contributed by atoms with E-state index < -0.39 is 5.97 Å². The van der Waals surface area contributed by atoms with E-state index in [0.29, 0.717) is 34.9 Å². The first-order chi connectivity index (χ1) is 16.5. The van der Waals surface area contributed by atoms with Crippen molar-refractivity contribution in [3.8, 4) is 23.3 Å². The van der Waals surface area contributed by atoms with Crippen LogP contribution in [0.25, 0.3) is 6.08 Å². The van der Waals surface area contributed by atoms with Gasteiger partial charge in [-0.25, -0.2) is 4.79 Å². The topological polar surface area (TPSA) is 97.6 Å². The molecule has 0 heterocycles. The lowest BCUT2D eigenvalue weighted by Gasteiger charge is -2.09. The molecule has 1 amide bonds. The Hall–Kier alpha value is -4.57. The number of methoxy groups -OCH3 is 1. The average molecular weight is 456 g/mol. The summed E-state index contributed by atoms with van der Waals surface area (Å²) in [5.41, 5.74) is 1.44. The first-order valence-electron chi connectivity index (χ1n) is 10.6. The van der Waals surface area contributed by atoms with Gasteiger partial charge < -0.3 is 19.5 Å². The fourth-order valence-corrected chi connectivity index (χ4v) is 2.95. The first-order valence-corrected chi connectivity index (χ1v) is 10.6. The van der Waals surface area contributed by atoms with Crippen molar-refractivity contribution in [2.75, 3.05) is 19.0 Å². The Bertz CT molecular complexity index is 1210. The van der Waals surface area contributed by atoms with Crippen molar-refractivity contribution >= 4 is 23.6 Å². The van der Waals surface area contributed by atoms with Crippen LogP contribution in [0, 0.1) is 11.3 Å². The van der Waals surface area contributed by atoms with Crippen molar-refractivity contribution in [2.24, 2.45) is 0 Å². The monoisotopic (exact) mass is 456 g/mol. The first kappa shape index (κ1) is 24.1. The SMILES string of the molecule is CCCOc1ccccc1/C=C(\C#N)C(=O)Oc1ccc(C(=O)Nc2ccc(OC)cc2)cc1. The number of hydrogen-bond donors (Lipinski definition) is 1. The molecule has 3 rings (SSSR count). The Kier molecular flexibility index (Phi) is 8.42. The van der Waals surface area contributed by atoms with Gasteiger partial charge in [0.05, 0.1) is 13.7 Å². The van der Waals surface area contributed by atoms with Gasteiger partial charge in [0.15, 0.2) is 0 Å². The number of amides is 1. The molecule has 0 bridgehead atoms. The van der Waals surface area contributed by atoms with Crippen molar-refractivity contribution in [1.29, 1.82) is 5.26 Å². The van der Waals surface area contributed by atoms with E-state index in [4.69, 9.17) is 14.2 Å². The van der Waals surface area contributed by atoms with Gasteiger partial charge in [-0.1, -0.05) is 25.1 Å². The van der Waals surface area contributed by atoms with Gasteiger partial charge in [0, 0.05) is 16.8 Å². The Balaban J connectivity index is 1.67. The van der Waals surface area contributed by atoms with E-state index in [9.17, 15) is 14.9 Å². The molecule has 0 aliphatic carbocycles. The van der Waals surface area contributed by atoms with E-state index in [-0.39, 0.29) is 17.2 Å². The maximum absolute atomic E-state index is 12.5. The van der Waals surface area contributed by atoms with E-state index in [2.05, 4.69) is 5.32 Å². The van der Waals surface area contributed by atoms with Crippen LogP contribution in [0.5, 0.6) is 17.2 Å². The Morgan fingerprint density at radius 1 is 0.971 bits per heavy atom. The molecule has 0 fully saturated rings. The highest BCUT2D eigenvalue weighted by molar-refractivity contribution is 6.04. The lowest BCUT2D eigenvalue weighted by molar-refractivity contribution is -0.129. The van der Waals surface area contributed by atoms with Gasteiger partial charge in [-0.2, -0.15) is 5.26 Å². The summed E-state index contributed by atoms with van der Waals surface area (Å²) in [5, 5.41) is 12.2. The number of nitrogens with zero attached hydrogens (tertiary/aromatic N) is 1. The molecule has 0 saturated carbocycles. The highest BCUT2D eigenvalue weighted by Crippen LogP contribution is 2.22. The van der Waals surface area contributed by atoms with Gasteiger partial charge in [-0.15, -0.1) is 0 Å². The minimum atomic E-state index is -0.803. The van der Waals surface area contributed by atoms with Gasteiger partial charge in [-0.05, 0) is 67.1 Å². The minimum absolute atomic E-state index is 0.172. The number of anilines is 1. The van der Waals surface area contributed by atoms with Crippen LogP contribution in [-0.4, -0.2) is 25.6 Å². The van der Waals surface area contributed by atoms with Crippen LogP contribution < -0.4 is 19.5 Å². The van der Waals surface area contributed by atoms with Gasteiger partial charge in [0.25, 0.3) is 5.91 Å². The van der Waals surface area contributed by atoms with E-state index >= 15 is 0 Å². The molecule has 0 aliphatic heterocycles. The zero-order chi connectivity index (χ0) is 24.3. The summed E-state index contributed by atoms with van der Waals surface area (Å²) >= 11 is 0. The van der Waals surface area contributed by atoms with Crippen LogP contribution in [0.3, 0.4) is 0 Å². The maximum Gasteiger partial charge on any atom is 0.354 e. The number of para-hydroxylation sites is 1. The molecule has 0 saturated heterocycles. The molecule has 0 atom stereocenters. The molecule has 0 radical (unpaired) electrons. The average Bonchev–Trinajstić information content (AvgIpc) is 2.87. The van der Waals surface area contributed by atoms with E-state index in [0.717, 1.165) is 6.42 Å². The van der Waals surface area contributed by atoms with Crippen LogP contribution in [0.2, 0.25) is 0 Å². The second-order valence-electron chi connectivity index (χ2n) is 7.15. The summed E-state index contributed by atoms with van der Waals surface area (Å²) in [6, 6.07) is 22.0. The third kappa shape index (κ3) is 6.47. The zero-order valence-corrected chi connectivity index (χ0v) is 18.9. The number of hydrogen-bond acceptors (Lipinski definition) is 6. The predicted molar refractivity (Wildman–Crippen MR) is 129 cm³/mol. The highest BCUT2D eigenvalue weighted by atomic mass is 16.5. The normalized spacial score (nSPS) is 10.7. The summed E-state index contributed by atoms with van der Waals surface area (Å²) in [5.74, 6) is 0.360. The van der Waals surface area contributed by atoms with Crippen molar-refractivity contribution in [3.05, 3.63) is 89.5 Å². The Morgan fingerprint density at radius 3 is 2.29 bits per heavy atom. The van der Waals surface area contributed by atoms with Crippen LogP contribution in [0.1, 0.15) is 29.3 Å². The van der Waals surface area contributed by atoms with Gasteiger partial charge in [0.1, 0.15) is 28.9 Å². The molecule has 0 unspecified atom stereocenters. The molecule has 0 spiro atoms. The predicted octanol–water partition coefficient (Wildman–Crippen LogP) is 5.25. The maximum atomic E-state index is 12.5. The van der Waals surface area contributed by atoms with E-state index in [1.165, 1.54) is 30.3 Å². The van der Waals surface area contributed by atoms with Crippen LogP contribution in [0.15, 0.2) is 78.4 Å². The summed E-state index contributed by atoms with van der Waals surface area (Å²) in [6.07, 6.45) is 2.27. The molecule has 0 aromatic heterocycles. The highest BCUT2D eigenvalue weighted by Gasteiger charge is 2.14. The largest absolute Gasteiger partial charge is 0.497 e. The number of rotatable bonds is 9. The number of nitrogens with one attached hydrogen (secondary N) is 1. The quantitative estimate of drug-likeness (QED) is 0.204. The minimum Gasteiger partial charge on any atom is -0.497 e. The number of esters is 1. The Morgan fingerprint density at radius 2 is 1.65 bits per heavy atom. The second kappa shape index (κ2) is 11.9. The number of benzene rings is 3. The van der Waals surface area contributed by atoms with Crippen molar-refractivity contribution in [2.45, 2.75) is 13.3 Å². The molecule has 7 nitrogen and oxygen atoms in total. The summed E-state index contributed by atoms with van der Waals surface area (Å²) < 4.78 is 16.1. The zero-order valence-electron chi connectivity index (χ0n) is 18.9. The molecule has 1 N–H and O–H groups in total. The second-order valence-corrected chi connectivity index (χ2v) is 7.15. The van der Waals surface area contributed by atoms with E-state index in [1.807, 2.05) is 19.1 Å². The standard InChI is InChI=1S/C27H24N2O5/c1-3-16-33-25-7-5-4-6-20(25)17-21(18-28)27(31)34-24-12-8-19(9-13-24)26(30)29-22-10-14-23(32-2)15-11-22/h4-15,17H,3,16H2,1-2H3,(H,29,30)/b21-17+. The smallest absolute Gasteiger partial charge is 0.354 e. The molecular formula is C27H24N2O5. The summed E-state index contributed by atoms with van der Waals surface area (Å²) in [4.78, 5) is 25.0. The van der Waals surface area contributed by atoms with Crippen molar-refractivity contribution in [1.82, 2.24) is 0 Å².